The van der Waals surface area contributed by atoms with E-state index in [0.717, 1.165) is 35.7 Å². The van der Waals surface area contributed by atoms with Gasteiger partial charge in [0.05, 0.1) is 5.69 Å². The minimum absolute atomic E-state index is 0.682. The molecule has 0 aromatic carbocycles. The molecular formula is C18H19N5. The minimum Gasteiger partial charge on any atom is -0.357 e. The van der Waals surface area contributed by atoms with Gasteiger partial charge in [-0.3, -0.25) is 9.97 Å². The second kappa shape index (κ2) is 6.96. The molecule has 0 fully saturated rings. The summed E-state index contributed by atoms with van der Waals surface area (Å²) in [5, 5.41) is 0. The SMILES string of the molecule is CCN(CC)c1cc(-c2cccnc2)nc(-c2cccnc2)n1. The van der Waals surface area contributed by atoms with Gasteiger partial charge in [-0.2, -0.15) is 0 Å². The topological polar surface area (TPSA) is 54.8 Å². The van der Waals surface area contributed by atoms with Gasteiger partial charge in [0, 0.05) is 55.1 Å². The largest absolute Gasteiger partial charge is 0.357 e. The fraction of sp³-hybridized carbons (Fsp3) is 0.222. The molecule has 5 nitrogen and oxygen atoms in total. The van der Waals surface area contributed by atoms with E-state index in [1.165, 1.54) is 0 Å². The van der Waals surface area contributed by atoms with Crippen molar-refractivity contribution in [2.75, 3.05) is 18.0 Å². The number of pyridine rings is 2. The van der Waals surface area contributed by atoms with Crippen molar-refractivity contribution in [3.63, 3.8) is 0 Å². The molecule has 3 aromatic rings. The quantitative estimate of drug-likeness (QED) is 0.722. The Balaban J connectivity index is 2.15. The summed E-state index contributed by atoms with van der Waals surface area (Å²) >= 11 is 0. The maximum absolute atomic E-state index is 4.73. The fourth-order valence-electron chi connectivity index (χ4n) is 2.43. The lowest BCUT2D eigenvalue weighted by Crippen LogP contribution is -2.23. The molecule has 116 valence electrons. The van der Waals surface area contributed by atoms with Crippen molar-refractivity contribution < 1.29 is 0 Å². The number of anilines is 1. The third kappa shape index (κ3) is 3.34. The van der Waals surface area contributed by atoms with Crippen LogP contribution < -0.4 is 4.90 Å². The molecule has 0 aliphatic heterocycles. The lowest BCUT2D eigenvalue weighted by atomic mass is 10.2. The van der Waals surface area contributed by atoms with Gasteiger partial charge < -0.3 is 4.90 Å². The van der Waals surface area contributed by atoms with Gasteiger partial charge in [0.1, 0.15) is 5.82 Å². The van der Waals surface area contributed by atoms with E-state index in [4.69, 9.17) is 9.97 Å². The van der Waals surface area contributed by atoms with Crippen LogP contribution in [-0.2, 0) is 0 Å². The van der Waals surface area contributed by atoms with Crippen LogP contribution in [0.3, 0.4) is 0 Å². The van der Waals surface area contributed by atoms with Crippen LogP contribution in [-0.4, -0.2) is 33.0 Å². The van der Waals surface area contributed by atoms with Crippen molar-refractivity contribution in [2.24, 2.45) is 0 Å². The zero-order chi connectivity index (χ0) is 16.1. The molecule has 5 heteroatoms. The van der Waals surface area contributed by atoms with Gasteiger partial charge in [0.25, 0.3) is 0 Å². The van der Waals surface area contributed by atoms with E-state index in [1.807, 2.05) is 36.5 Å². The molecule has 0 aliphatic rings. The highest BCUT2D eigenvalue weighted by atomic mass is 15.2. The molecule has 3 aromatic heterocycles. The summed E-state index contributed by atoms with van der Waals surface area (Å²) in [5.74, 6) is 1.60. The molecule has 0 saturated heterocycles. The van der Waals surface area contributed by atoms with Crippen molar-refractivity contribution in [2.45, 2.75) is 13.8 Å². The summed E-state index contributed by atoms with van der Waals surface area (Å²) < 4.78 is 0. The summed E-state index contributed by atoms with van der Waals surface area (Å²) in [4.78, 5) is 20.0. The van der Waals surface area contributed by atoms with Crippen LogP contribution in [0.4, 0.5) is 5.82 Å². The zero-order valence-corrected chi connectivity index (χ0v) is 13.3. The van der Waals surface area contributed by atoms with E-state index in [9.17, 15) is 0 Å². The van der Waals surface area contributed by atoms with Crippen LogP contribution in [0.2, 0.25) is 0 Å². The smallest absolute Gasteiger partial charge is 0.163 e. The van der Waals surface area contributed by atoms with Crippen molar-refractivity contribution >= 4 is 5.82 Å². The maximum atomic E-state index is 4.73. The monoisotopic (exact) mass is 305 g/mol. The van der Waals surface area contributed by atoms with Gasteiger partial charge in [0.15, 0.2) is 5.82 Å². The number of hydrogen-bond acceptors (Lipinski definition) is 5. The molecular weight excluding hydrogens is 286 g/mol. The predicted molar refractivity (Wildman–Crippen MR) is 92.1 cm³/mol. The third-order valence-corrected chi connectivity index (χ3v) is 3.68. The maximum Gasteiger partial charge on any atom is 0.163 e. The summed E-state index contributed by atoms with van der Waals surface area (Å²) in [5.41, 5.74) is 2.76. The predicted octanol–water partition coefficient (Wildman–Crippen LogP) is 3.45. The Morgan fingerprint density at radius 1 is 0.870 bits per heavy atom. The third-order valence-electron chi connectivity index (χ3n) is 3.68. The molecule has 3 rings (SSSR count). The first kappa shape index (κ1) is 15.1. The van der Waals surface area contributed by atoms with E-state index in [2.05, 4.69) is 28.7 Å². The Bertz CT molecular complexity index is 697. The van der Waals surface area contributed by atoms with E-state index in [-0.39, 0.29) is 0 Å². The minimum atomic E-state index is 0.682. The summed E-state index contributed by atoms with van der Waals surface area (Å²) in [6.07, 6.45) is 7.12. The van der Waals surface area contributed by atoms with Crippen LogP contribution in [0.15, 0.2) is 55.1 Å². The first-order valence-electron chi connectivity index (χ1n) is 7.76. The van der Waals surface area contributed by atoms with E-state index >= 15 is 0 Å². The second-order valence-electron chi connectivity index (χ2n) is 5.09. The number of rotatable bonds is 5. The van der Waals surface area contributed by atoms with Crippen molar-refractivity contribution in [3.05, 3.63) is 55.1 Å². The molecule has 0 N–H and O–H groups in total. The first-order chi connectivity index (χ1) is 11.3. The van der Waals surface area contributed by atoms with Crippen LogP contribution >= 0.6 is 0 Å². The molecule has 0 atom stereocenters. The molecule has 3 heterocycles. The summed E-state index contributed by atoms with van der Waals surface area (Å²) in [6, 6.07) is 9.81. The standard InChI is InChI=1S/C18H19N5/c1-3-23(4-2)17-11-16(14-7-5-9-19-12-14)21-18(22-17)15-8-6-10-20-13-15/h5-13H,3-4H2,1-2H3. The Morgan fingerprint density at radius 3 is 2.09 bits per heavy atom. The van der Waals surface area contributed by atoms with Crippen LogP contribution in [0.5, 0.6) is 0 Å². The van der Waals surface area contributed by atoms with E-state index < -0.39 is 0 Å². The van der Waals surface area contributed by atoms with Crippen molar-refractivity contribution in [1.29, 1.82) is 0 Å². The highest BCUT2D eigenvalue weighted by molar-refractivity contribution is 5.67. The number of aromatic nitrogens is 4. The van der Waals surface area contributed by atoms with E-state index in [1.54, 1.807) is 18.6 Å². The Hall–Kier alpha value is -2.82. The Kier molecular flexibility index (Phi) is 4.57. The Labute approximate surface area is 136 Å². The van der Waals surface area contributed by atoms with Gasteiger partial charge >= 0.3 is 0 Å². The van der Waals surface area contributed by atoms with Crippen molar-refractivity contribution in [3.8, 4) is 22.6 Å². The van der Waals surface area contributed by atoms with Gasteiger partial charge in [-0.05, 0) is 38.1 Å². The molecule has 0 radical (unpaired) electrons. The van der Waals surface area contributed by atoms with Gasteiger partial charge in [0.2, 0.25) is 0 Å². The average molecular weight is 305 g/mol. The van der Waals surface area contributed by atoms with Crippen molar-refractivity contribution in [1.82, 2.24) is 19.9 Å². The lowest BCUT2D eigenvalue weighted by Gasteiger charge is -2.21. The molecule has 0 amide bonds. The molecule has 0 saturated carbocycles. The molecule has 23 heavy (non-hydrogen) atoms. The number of hydrogen-bond donors (Lipinski definition) is 0. The van der Waals surface area contributed by atoms with Gasteiger partial charge in [-0.15, -0.1) is 0 Å². The Morgan fingerprint density at radius 2 is 1.52 bits per heavy atom. The normalized spacial score (nSPS) is 10.5. The second-order valence-corrected chi connectivity index (χ2v) is 5.09. The van der Waals surface area contributed by atoms with Gasteiger partial charge in [-0.1, -0.05) is 0 Å². The zero-order valence-electron chi connectivity index (χ0n) is 13.3. The molecule has 0 unspecified atom stereocenters. The first-order valence-corrected chi connectivity index (χ1v) is 7.76. The van der Waals surface area contributed by atoms with Crippen LogP contribution in [0, 0.1) is 0 Å². The highest BCUT2D eigenvalue weighted by Gasteiger charge is 2.12. The summed E-state index contributed by atoms with van der Waals surface area (Å²) in [6.45, 7) is 6.04. The number of nitrogens with zero attached hydrogens (tertiary/aromatic N) is 5. The molecule has 0 spiro atoms. The van der Waals surface area contributed by atoms with Crippen LogP contribution in [0.1, 0.15) is 13.8 Å². The summed E-state index contributed by atoms with van der Waals surface area (Å²) in [7, 11) is 0. The fourth-order valence-corrected chi connectivity index (χ4v) is 2.43. The molecule has 0 aliphatic carbocycles. The average Bonchev–Trinajstić information content (AvgIpc) is 2.64. The molecule has 0 bridgehead atoms. The van der Waals surface area contributed by atoms with Crippen LogP contribution in [0.25, 0.3) is 22.6 Å². The lowest BCUT2D eigenvalue weighted by molar-refractivity contribution is 0.843. The highest BCUT2D eigenvalue weighted by Crippen LogP contribution is 2.25. The van der Waals surface area contributed by atoms with Gasteiger partial charge in [-0.25, -0.2) is 9.97 Å². The van der Waals surface area contributed by atoms with E-state index in [0.29, 0.717) is 5.82 Å².